The van der Waals surface area contributed by atoms with Crippen molar-refractivity contribution in [2.24, 2.45) is 29.6 Å². The van der Waals surface area contributed by atoms with Gasteiger partial charge in [0.2, 0.25) is 11.8 Å². The first-order valence-electron chi connectivity index (χ1n) is 14.8. The summed E-state index contributed by atoms with van der Waals surface area (Å²) in [6, 6.07) is -0.0127. The maximum atomic E-state index is 13.3. The number of aliphatic carboxylic acids is 1. The molecule has 3 aliphatic rings. The highest BCUT2D eigenvalue weighted by Gasteiger charge is 2.45. The highest BCUT2D eigenvalue weighted by molar-refractivity contribution is 5.90. The van der Waals surface area contributed by atoms with E-state index in [1.54, 1.807) is 13.8 Å². The molecule has 3 fully saturated rings. The Kier molecular flexibility index (Phi) is 11.5. The van der Waals surface area contributed by atoms with E-state index >= 15 is 0 Å². The van der Waals surface area contributed by atoms with Crippen LogP contribution in [0.25, 0.3) is 0 Å². The number of hydrogen-bond acceptors (Lipinski definition) is 4. The minimum atomic E-state index is -0.989. The quantitative estimate of drug-likeness (QED) is 0.519. The highest BCUT2D eigenvalue weighted by atomic mass is 16.4. The fraction of sp³-hybridized carbons (Fsp3) is 0.897. The Morgan fingerprint density at radius 1 is 0.944 bits per heavy atom. The van der Waals surface area contributed by atoms with Gasteiger partial charge in [0.05, 0.1) is 5.92 Å². The highest BCUT2D eigenvalue weighted by Crippen LogP contribution is 2.44. The first-order chi connectivity index (χ1) is 17.3. The molecule has 0 radical (unpaired) electrons. The lowest BCUT2D eigenvalue weighted by Gasteiger charge is -2.36. The van der Waals surface area contributed by atoms with Crippen LogP contribution in [0.15, 0.2) is 0 Å². The molecule has 8 unspecified atom stereocenters. The van der Waals surface area contributed by atoms with Crippen LogP contribution < -0.4 is 10.6 Å². The number of carbonyl (C=O) groups is 3. The van der Waals surface area contributed by atoms with Crippen molar-refractivity contribution in [2.45, 2.75) is 116 Å². The zero-order valence-corrected chi connectivity index (χ0v) is 23.0. The summed E-state index contributed by atoms with van der Waals surface area (Å²) in [6.07, 6.45) is 15.4. The smallest absolute Gasteiger partial charge is 0.307 e. The summed E-state index contributed by atoms with van der Waals surface area (Å²) in [5, 5.41) is 15.4. The molecule has 0 aromatic heterocycles. The molecular formula is C29H51N3O4. The number of carboxylic acids is 1. The SMILES string of the molecule is CC1CCC2C(C1)C1CC(NC(=O)C(C)C(C)C(=O)O)C(=O)NCCCCCCCCCCCN2C1. The van der Waals surface area contributed by atoms with Gasteiger partial charge in [0.1, 0.15) is 6.04 Å². The summed E-state index contributed by atoms with van der Waals surface area (Å²) in [5.41, 5.74) is 0. The van der Waals surface area contributed by atoms with Gasteiger partial charge in [0, 0.05) is 25.0 Å². The van der Waals surface area contributed by atoms with Gasteiger partial charge in [0.15, 0.2) is 0 Å². The fourth-order valence-corrected chi connectivity index (χ4v) is 6.74. The van der Waals surface area contributed by atoms with Crippen LogP contribution in [0, 0.1) is 29.6 Å². The second-order valence-corrected chi connectivity index (χ2v) is 12.1. The van der Waals surface area contributed by atoms with E-state index < -0.39 is 23.8 Å². The average molecular weight is 506 g/mol. The van der Waals surface area contributed by atoms with Crippen molar-refractivity contribution in [2.75, 3.05) is 19.6 Å². The lowest BCUT2D eigenvalue weighted by atomic mass is 9.73. The molecular weight excluding hydrogens is 454 g/mol. The van der Waals surface area contributed by atoms with Gasteiger partial charge in [-0.1, -0.05) is 65.7 Å². The number of amides is 2. The minimum Gasteiger partial charge on any atom is -0.481 e. The van der Waals surface area contributed by atoms with E-state index in [2.05, 4.69) is 22.5 Å². The van der Waals surface area contributed by atoms with E-state index in [4.69, 9.17) is 0 Å². The Balaban J connectivity index is 1.74. The third kappa shape index (κ3) is 8.19. The largest absolute Gasteiger partial charge is 0.481 e. The molecule has 7 heteroatoms. The summed E-state index contributed by atoms with van der Waals surface area (Å²) in [4.78, 5) is 40.5. The lowest BCUT2D eigenvalue weighted by molar-refractivity contribution is -0.146. The molecule has 2 heterocycles. The van der Waals surface area contributed by atoms with Gasteiger partial charge in [-0.15, -0.1) is 0 Å². The molecule has 206 valence electrons. The number of carbonyl (C=O) groups excluding carboxylic acids is 2. The molecule has 2 amide bonds. The van der Waals surface area contributed by atoms with Gasteiger partial charge in [-0.3, -0.25) is 19.3 Å². The van der Waals surface area contributed by atoms with Crippen LogP contribution in [0.4, 0.5) is 0 Å². The van der Waals surface area contributed by atoms with Crippen molar-refractivity contribution in [3.63, 3.8) is 0 Å². The van der Waals surface area contributed by atoms with Crippen LogP contribution >= 0.6 is 0 Å². The van der Waals surface area contributed by atoms with Crippen LogP contribution in [-0.2, 0) is 14.4 Å². The Labute approximate surface area is 218 Å². The average Bonchev–Trinajstić information content (AvgIpc) is 3.18. The number of nitrogens with zero attached hydrogens (tertiary/aromatic N) is 1. The van der Waals surface area contributed by atoms with Crippen LogP contribution in [-0.4, -0.2) is 59.5 Å². The first kappa shape index (κ1) is 28.9. The van der Waals surface area contributed by atoms with E-state index in [0.717, 1.165) is 25.9 Å². The van der Waals surface area contributed by atoms with Crippen molar-refractivity contribution >= 4 is 17.8 Å². The van der Waals surface area contributed by atoms with Gasteiger partial charge in [0.25, 0.3) is 0 Å². The first-order valence-corrected chi connectivity index (χ1v) is 14.8. The topological polar surface area (TPSA) is 98.7 Å². The van der Waals surface area contributed by atoms with Crippen molar-refractivity contribution in [3.8, 4) is 0 Å². The summed E-state index contributed by atoms with van der Waals surface area (Å²) in [5.74, 6) is -1.28. The number of fused-ring (bicyclic) bond motifs is 5. The molecule has 3 N–H and O–H groups in total. The predicted molar refractivity (Wildman–Crippen MR) is 142 cm³/mol. The monoisotopic (exact) mass is 505 g/mol. The number of carboxylic acid groups (broad SMARTS) is 1. The summed E-state index contributed by atoms with van der Waals surface area (Å²) in [7, 11) is 0. The standard InChI is InChI=1S/C29H51N3O4/c1-20-13-14-26-24(17-20)23-18-25(31-27(33)21(2)22(3)29(35)36)28(34)30-15-11-9-7-5-4-6-8-10-12-16-32(26)19-23/h20-26H,4-19H2,1-3H3,(H,30,34)(H,31,33)(H,35,36). The normalized spacial score (nSPS) is 34.8. The van der Waals surface area contributed by atoms with E-state index in [0.29, 0.717) is 36.8 Å². The molecule has 1 saturated carbocycles. The van der Waals surface area contributed by atoms with Gasteiger partial charge in [-0.25, -0.2) is 0 Å². The molecule has 36 heavy (non-hydrogen) atoms. The molecule has 2 aliphatic heterocycles. The second-order valence-electron chi connectivity index (χ2n) is 12.1. The Bertz CT molecular complexity index is 729. The van der Waals surface area contributed by atoms with E-state index in [9.17, 15) is 19.5 Å². The maximum absolute atomic E-state index is 13.3. The van der Waals surface area contributed by atoms with E-state index in [1.807, 2.05) is 0 Å². The summed E-state index contributed by atoms with van der Waals surface area (Å²) < 4.78 is 0. The van der Waals surface area contributed by atoms with Crippen LogP contribution in [0.5, 0.6) is 0 Å². The molecule has 0 aromatic carbocycles. The molecule has 3 rings (SSSR count). The van der Waals surface area contributed by atoms with Crippen LogP contribution in [0.1, 0.15) is 104 Å². The summed E-state index contributed by atoms with van der Waals surface area (Å²) >= 11 is 0. The lowest BCUT2D eigenvalue weighted by Crippen LogP contribution is -2.50. The molecule has 7 nitrogen and oxygen atoms in total. The van der Waals surface area contributed by atoms with Gasteiger partial charge >= 0.3 is 5.97 Å². The second kappa shape index (κ2) is 14.3. The zero-order valence-electron chi connectivity index (χ0n) is 23.0. The number of rotatable bonds is 4. The minimum absolute atomic E-state index is 0.112. The van der Waals surface area contributed by atoms with Crippen molar-refractivity contribution in [1.82, 2.24) is 15.5 Å². The van der Waals surface area contributed by atoms with Gasteiger partial charge in [-0.05, 0) is 62.8 Å². The number of nitrogens with one attached hydrogen (secondary N) is 2. The van der Waals surface area contributed by atoms with Crippen LogP contribution in [0.3, 0.4) is 0 Å². The van der Waals surface area contributed by atoms with Crippen molar-refractivity contribution < 1.29 is 19.5 Å². The van der Waals surface area contributed by atoms with Gasteiger partial charge in [-0.2, -0.15) is 0 Å². The summed E-state index contributed by atoms with van der Waals surface area (Å²) in [6.45, 7) is 8.32. The van der Waals surface area contributed by atoms with E-state index in [1.165, 1.54) is 64.2 Å². The third-order valence-electron chi connectivity index (χ3n) is 9.31. The zero-order chi connectivity index (χ0) is 26.1. The molecule has 0 aromatic rings. The van der Waals surface area contributed by atoms with Crippen LogP contribution in [0.2, 0.25) is 0 Å². The third-order valence-corrected chi connectivity index (χ3v) is 9.31. The molecule has 0 spiro atoms. The number of hydrogen-bond donors (Lipinski definition) is 3. The molecule has 8 atom stereocenters. The fourth-order valence-electron chi connectivity index (χ4n) is 6.74. The Morgan fingerprint density at radius 3 is 2.25 bits per heavy atom. The van der Waals surface area contributed by atoms with E-state index in [-0.39, 0.29) is 11.8 Å². The Morgan fingerprint density at radius 2 is 1.58 bits per heavy atom. The van der Waals surface area contributed by atoms with Gasteiger partial charge < -0.3 is 15.7 Å². The maximum Gasteiger partial charge on any atom is 0.307 e. The van der Waals surface area contributed by atoms with Crippen molar-refractivity contribution in [3.05, 3.63) is 0 Å². The van der Waals surface area contributed by atoms with Crippen molar-refractivity contribution in [1.29, 1.82) is 0 Å². The molecule has 1 aliphatic carbocycles. The Hall–Kier alpha value is -1.63. The molecule has 2 saturated heterocycles. The molecule has 2 bridgehead atoms. The predicted octanol–water partition coefficient (Wildman–Crippen LogP) is 4.60.